The minimum absolute atomic E-state index is 0.845. The molecular formula is C20H40N4. The summed E-state index contributed by atoms with van der Waals surface area (Å²) in [5.41, 5.74) is 0. The summed E-state index contributed by atoms with van der Waals surface area (Å²) in [6.45, 7) is 11.4. The molecule has 3 fully saturated rings. The molecule has 3 aliphatic heterocycles. The second kappa shape index (κ2) is 8.98. The molecule has 0 amide bonds. The first kappa shape index (κ1) is 18.6. The van der Waals surface area contributed by atoms with E-state index in [-0.39, 0.29) is 0 Å². The third-order valence-corrected chi connectivity index (χ3v) is 6.74. The van der Waals surface area contributed by atoms with Gasteiger partial charge in [-0.15, -0.1) is 0 Å². The lowest BCUT2D eigenvalue weighted by Crippen LogP contribution is -2.57. The van der Waals surface area contributed by atoms with E-state index in [1.165, 1.54) is 90.8 Å². The van der Waals surface area contributed by atoms with E-state index < -0.39 is 0 Å². The van der Waals surface area contributed by atoms with Crippen LogP contribution in [-0.4, -0.2) is 97.6 Å². The van der Waals surface area contributed by atoms with Gasteiger partial charge in [-0.1, -0.05) is 6.92 Å². The Labute approximate surface area is 150 Å². The van der Waals surface area contributed by atoms with Crippen LogP contribution >= 0.6 is 0 Å². The quantitative estimate of drug-likeness (QED) is 0.764. The molecule has 24 heavy (non-hydrogen) atoms. The second-order valence-corrected chi connectivity index (χ2v) is 8.59. The zero-order valence-electron chi connectivity index (χ0n) is 16.4. The molecule has 0 aromatic heterocycles. The zero-order chi connectivity index (χ0) is 16.9. The van der Waals surface area contributed by atoms with Crippen molar-refractivity contribution >= 4 is 0 Å². The molecule has 3 rings (SSSR count). The molecule has 0 N–H and O–H groups in total. The molecule has 140 valence electrons. The molecule has 0 aromatic carbocycles. The van der Waals surface area contributed by atoms with Gasteiger partial charge in [0.25, 0.3) is 0 Å². The highest BCUT2D eigenvalue weighted by Crippen LogP contribution is 2.30. The number of rotatable bonds is 5. The molecule has 0 saturated carbocycles. The zero-order valence-corrected chi connectivity index (χ0v) is 16.4. The maximum Gasteiger partial charge on any atom is 0.0125 e. The van der Waals surface area contributed by atoms with Crippen molar-refractivity contribution in [2.24, 2.45) is 0 Å². The van der Waals surface area contributed by atoms with Crippen molar-refractivity contribution in [2.45, 2.75) is 70.0 Å². The van der Waals surface area contributed by atoms with E-state index in [1.807, 2.05) is 0 Å². The van der Waals surface area contributed by atoms with Crippen molar-refractivity contribution in [1.82, 2.24) is 19.6 Å². The molecule has 0 unspecified atom stereocenters. The predicted molar refractivity (Wildman–Crippen MR) is 103 cm³/mol. The van der Waals surface area contributed by atoms with Crippen molar-refractivity contribution in [3.05, 3.63) is 0 Å². The first-order chi connectivity index (χ1) is 11.7. The number of hydrogen-bond acceptors (Lipinski definition) is 4. The fraction of sp³-hybridized carbons (Fsp3) is 1.00. The summed E-state index contributed by atoms with van der Waals surface area (Å²) < 4.78 is 0. The van der Waals surface area contributed by atoms with Crippen molar-refractivity contribution in [1.29, 1.82) is 0 Å². The number of likely N-dealkylation sites (tertiary alicyclic amines) is 3. The SMILES string of the molecule is CCCN1CCC(N(C2CCN(C)CC2)C2CCN(C)CC2)CC1. The molecule has 4 heteroatoms. The summed E-state index contributed by atoms with van der Waals surface area (Å²) in [4.78, 5) is 10.8. The van der Waals surface area contributed by atoms with Crippen molar-refractivity contribution in [3.8, 4) is 0 Å². The van der Waals surface area contributed by atoms with Crippen LogP contribution in [0.15, 0.2) is 0 Å². The van der Waals surface area contributed by atoms with Gasteiger partial charge in [0.1, 0.15) is 0 Å². The first-order valence-electron chi connectivity index (χ1n) is 10.5. The second-order valence-electron chi connectivity index (χ2n) is 8.59. The fourth-order valence-corrected chi connectivity index (χ4v) is 5.24. The lowest BCUT2D eigenvalue weighted by atomic mass is 9.91. The number of piperidine rings is 3. The van der Waals surface area contributed by atoms with Crippen LogP contribution in [0.4, 0.5) is 0 Å². The van der Waals surface area contributed by atoms with E-state index in [9.17, 15) is 0 Å². The highest BCUT2D eigenvalue weighted by atomic mass is 15.3. The standard InChI is InChI=1S/C20H40N4/c1-4-11-23-16-9-20(10-17-23)24(18-5-12-21(2)13-6-18)19-7-14-22(3)15-8-19/h18-20H,4-17H2,1-3H3. The summed E-state index contributed by atoms with van der Waals surface area (Å²) >= 11 is 0. The molecule has 0 atom stereocenters. The summed E-state index contributed by atoms with van der Waals surface area (Å²) in [6, 6.07) is 2.54. The van der Waals surface area contributed by atoms with E-state index in [1.54, 1.807) is 0 Å². The molecule has 3 aliphatic rings. The third-order valence-electron chi connectivity index (χ3n) is 6.74. The Morgan fingerprint density at radius 3 is 1.42 bits per heavy atom. The predicted octanol–water partition coefficient (Wildman–Crippen LogP) is 2.35. The molecule has 0 aromatic rings. The number of hydrogen-bond donors (Lipinski definition) is 0. The van der Waals surface area contributed by atoms with Crippen LogP contribution in [0.25, 0.3) is 0 Å². The molecule has 3 heterocycles. The van der Waals surface area contributed by atoms with E-state index in [0.29, 0.717) is 0 Å². The molecule has 0 spiro atoms. The Morgan fingerprint density at radius 1 is 0.667 bits per heavy atom. The molecular weight excluding hydrogens is 296 g/mol. The summed E-state index contributed by atoms with van der Waals surface area (Å²) in [7, 11) is 4.58. The highest BCUT2D eigenvalue weighted by molar-refractivity contribution is 4.92. The van der Waals surface area contributed by atoms with Crippen LogP contribution in [0.5, 0.6) is 0 Å². The van der Waals surface area contributed by atoms with Gasteiger partial charge in [-0.25, -0.2) is 0 Å². The molecule has 3 saturated heterocycles. The largest absolute Gasteiger partial charge is 0.306 e. The Bertz CT molecular complexity index is 329. The third kappa shape index (κ3) is 4.72. The maximum atomic E-state index is 3.04. The van der Waals surface area contributed by atoms with Gasteiger partial charge in [-0.05, 0) is 105 Å². The van der Waals surface area contributed by atoms with Gasteiger partial charge in [0, 0.05) is 18.1 Å². The van der Waals surface area contributed by atoms with Gasteiger partial charge >= 0.3 is 0 Å². The first-order valence-corrected chi connectivity index (χ1v) is 10.5. The summed E-state index contributed by atoms with van der Waals surface area (Å²) in [6.07, 6.45) is 9.65. The minimum atomic E-state index is 0.845. The van der Waals surface area contributed by atoms with Gasteiger partial charge in [-0.2, -0.15) is 0 Å². The van der Waals surface area contributed by atoms with Crippen LogP contribution in [0, 0.1) is 0 Å². The van der Waals surface area contributed by atoms with Gasteiger partial charge in [0.2, 0.25) is 0 Å². The Hall–Kier alpha value is -0.160. The molecule has 0 bridgehead atoms. The van der Waals surface area contributed by atoms with Gasteiger partial charge in [0.15, 0.2) is 0 Å². The monoisotopic (exact) mass is 336 g/mol. The van der Waals surface area contributed by atoms with Crippen molar-refractivity contribution in [3.63, 3.8) is 0 Å². The minimum Gasteiger partial charge on any atom is -0.306 e. The average Bonchev–Trinajstić information content (AvgIpc) is 2.60. The van der Waals surface area contributed by atoms with Crippen LogP contribution in [0.3, 0.4) is 0 Å². The van der Waals surface area contributed by atoms with E-state index >= 15 is 0 Å². The normalized spacial score (nSPS) is 28.0. The van der Waals surface area contributed by atoms with Crippen LogP contribution in [-0.2, 0) is 0 Å². The topological polar surface area (TPSA) is 13.0 Å². The van der Waals surface area contributed by atoms with Crippen molar-refractivity contribution in [2.75, 3.05) is 59.9 Å². The number of nitrogens with zero attached hydrogens (tertiary/aromatic N) is 4. The summed E-state index contributed by atoms with van der Waals surface area (Å²) in [5, 5.41) is 0. The van der Waals surface area contributed by atoms with Gasteiger partial charge < -0.3 is 14.7 Å². The molecule has 4 nitrogen and oxygen atoms in total. The smallest absolute Gasteiger partial charge is 0.0125 e. The lowest BCUT2D eigenvalue weighted by molar-refractivity contribution is -0.00722. The summed E-state index contributed by atoms with van der Waals surface area (Å²) in [5.74, 6) is 0. The Kier molecular flexibility index (Phi) is 6.97. The van der Waals surface area contributed by atoms with Gasteiger partial charge in [-0.3, -0.25) is 4.90 Å². The molecule has 0 aliphatic carbocycles. The van der Waals surface area contributed by atoms with E-state index in [0.717, 1.165) is 18.1 Å². The lowest BCUT2D eigenvalue weighted by Gasteiger charge is -2.50. The Morgan fingerprint density at radius 2 is 1.04 bits per heavy atom. The van der Waals surface area contributed by atoms with Gasteiger partial charge in [0.05, 0.1) is 0 Å². The average molecular weight is 337 g/mol. The van der Waals surface area contributed by atoms with Crippen LogP contribution < -0.4 is 0 Å². The highest BCUT2D eigenvalue weighted by Gasteiger charge is 2.36. The fourth-order valence-electron chi connectivity index (χ4n) is 5.24. The molecule has 0 radical (unpaired) electrons. The maximum absolute atomic E-state index is 3.04. The Balaban J connectivity index is 1.63. The van der Waals surface area contributed by atoms with Crippen molar-refractivity contribution < 1.29 is 0 Å². The van der Waals surface area contributed by atoms with Crippen LogP contribution in [0.1, 0.15) is 51.9 Å². The van der Waals surface area contributed by atoms with E-state index in [2.05, 4.69) is 40.6 Å². The van der Waals surface area contributed by atoms with Crippen LogP contribution in [0.2, 0.25) is 0 Å². The van der Waals surface area contributed by atoms with E-state index in [4.69, 9.17) is 0 Å².